The van der Waals surface area contributed by atoms with Gasteiger partial charge in [0, 0.05) is 12.5 Å². The fraction of sp³-hybridized carbons (Fsp3) is 0.562. The normalized spacial score (nSPS) is 14.7. The second kappa shape index (κ2) is 7.59. The summed E-state index contributed by atoms with van der Waals surface area (Å²) in [5.74, 6) is -0.220. The summed E-state index contributed by atoms with van der Waals surface area (Å²) in [5.41, 5.74) is 1.15. The van der Waals surface area contributed by atoms with Gasteiger partial charge in [-0.1, -0.05) is 37.3 Å². The van der Waals surface area contributed by atoms with Gasteiger partial charge in [-0.2, -0.15) is 0 Å². The number of hydrogen-bond acceptors (Lipinski definition) is 3. The Labute approximate surface area is 127 Å². The van der Waals surface area contributed by atoms with Crippen LogP contribution in [0.15, 0.2) is 30.3 Å². The van der Waals surface area contributed by atoms with Gasteiger partial charge in [0.05, 0.1) is 5.25 Å². The van der Waals surface area contributed by atoms with Crippen molar-refractivity contribution in [3.63, 3.8) is 0 Å². The summed E-state index contributed by atoms with van der Waals surface area (Å²) in [4.78, 5) is 12.1. The molecule has 21 heavy (non-hydrogen) atoms. The summed E-state index contributed by atoms with van der Waals surface area (Å²) in [7, 11) is -3.41. The highest BCUT2D eigenvalue weighted by Gasteiger charge is 2.30. The van der Waals surface area contributed by atoms with Crippen LogP contribution in [0.1, 0.15) is 45.6 Å². The van der Waals surface area contributed by atoms with Crippen LogP contribution in [0, 0.1) is 0 Å². The lowest BCUT2D eigenvalue weighted by atomic mass is 9.96. The maximum Gasteiger partial charge on any atom is 0.238 e. The van der Waals surface area contributed by atoms with Crippen molar-refractivity contribution in [1.82, 2.24) is 5.32 Å². The van der Waals surface area contributed by atoms with Crippen molar-refractivity contribution in [2.24, 2.45) is 0 Å². The zero-order valence-electron chi connectivity index (χ0n) is 13.2. The molecule has 1 rings (SSSR count). The maximum atomic E-state index is 12.1. The Morgan fingerprint density at radius 1 is 1.14 bits per heavy atom. The zero-order valence-corrected chi connectivity index (χ0v) is 14.0. The first-order valence-electron chi connectivity index (χ1n) is 7.36. The van der Waals surface area contributed by atoms with Gasteiger partial charge in [0.2, 0.25) is 5.91 Å². The predicted molar refractivity (Wildman–Crippen MR) is 86.0 cm³/mol. The van der Waals surface area contributed by atoms with Gasteiger partial charge in [0.15, 0.2) is 9.84 Å². The van der Waals surface area contributed by atoms with Gasteiger partial charge < -0.3 is 5.32 Å². The van der Waals surface area contributed by atoms with Crippen molar-refractivity contribution in [3.05, 3.63) is 35.9 Å². The van der Waals surface area contributed by atoms with Crippen LogP contribution in [0.3, 0.4) is 0 Å². The highest BCUT2D eigenvalue weighted by Crippen LogP contribution is 2.18. The van der Waals surface area contributed by atoms with Crippen molar-refractivity contribution in [3.8, 4) is 0 Å². The minimum Gasteiger partial charge on any atom is -0.354 e. The maximum absolute atomic E-state index is 12.1. The summed E-state index contributed by atoms with van der Waals surface area (Å²) < 4.78 is 24.0. The minimum atomic E-state index is -3.41. The van der Waals surface area contributed by atoms with Crippen LogP contribution in [-0.4, -0.2) is 31.4 Å². The third-order valence-corrected chi connectivity index (χ3v) is 6.32. The molecular weight excluding hydrogens is 286 g/mol. The molecule has 1 aromatic carbocycles. The molecule has 0 bridgehead atoms. The number of amides is 1. The highest BCUT2D eigenvalue weighted by atomic mass is 32.2. The smallest absolute Gasteiger partial charge is 0.238 e. The van der Waals surface area contributed by atoms with Crippen molar-refractivity contribution in [1.29, 1.82) is 0 Å². The molecule has 0 saturated carbocycles. The van der Waals surface area contributed by atoms with Gasteiger partial charge in [-0.05, 0) is 32.8 Å². The number of nitrogens with one attached hydrogen (secondary N) is 1. The molecule has 118 valence electrons. The summed E-state index contributed by atoms with van der Waals surface area (Å²) >= 11 is 0. The monoisotopic (exact) mass is 311 g/mol. The van der Waals surface area contributed by atoms with E-state index < -0.39 is 26.2 Å². The molecule has 2 unspecified atom stereocenters. The molecule has 5 heteroatoms. The summed E-state index contributed by atoms with van der Waals surface area (Å²) in [6.45, 7) is 7.15. The van der Waals surface area contributed by atoms with E-state index in [-0.39, 0.29) is 5.92 Å². The van der Waals surface area contributed by atoms with Gasteiger partial charge in [-0.3, -0.25) is 4.79 Å². The van der Waals surface area contributed by atoms with Crippen LogP contribution in [0.4, 0.5) is 0 Å². The van der Waals surface area contributed by atoms with E-state index in [9.17, 15) is 13.2 Å². The van der Waals surface area contributed by atoms with Crippen molar-refractivity contribution in [2.75, 3.05) is 6.54 Å². The van der Waals surface area contributed by atoms with Crippen LogP contribution < -0.4 is 5.32 Å². The average Bonchev–Trinajstić information content (AvgIpc) is 2.47. The van der Waals surface area contributed by atoms with E-state index in [2.05, 4.69) is 12.2 Å². The lowest BCUT2D eigenvalue weighted by Crippen LogP contribution is -2.42. The first-order chi connectivity index (χ1) is 9.80. The van der Waals surface area contributed by atoms with Crippen LogP contribution in [0.2, 0.25) is 0 Å². The Kier molecular flexibility index (Phi) is 6.40. The molecule has 4 nitrogen and oxygen atoms in total. The zero-order chi connectivity index (χ0) is 16.0. The lowest BCUT2D eigenvalue weighted by molar-refractivity contribution is -0.120. The topological polar surface area (TPSA) is 63.2 Å². The van der Waals surface area contributed by atoms with Crippen LogP contribution in [0.5, 0.6) is 0 Å². The molecule has 0 fully saturated rings. The SMILES string of the molecule is CCC(CNC(=O)C(C)S(=O)(=O)C(C)C)c1ccccc1. The van der Waals surface area contributed by atoms with Gasteiger partial charge in [-0.25, -0.2) is 8.42 Å². The molecule has 1 N–H and O–H groups in total. The van der Waals surface area contributed by atoms with Crippen molar-refractivity contribution >= 4 is 15.7 Å². The number of rotatable bonds is 7. The number of carbonyl (C=O) groups is 1. The fourth-order valence-electron chi connectivity index (χ4n) is 2.15. The number of benzene rings is 1. The lowest BCUT2D eigenvalue weighted by Gasteiger charge is -2.19. The van der Waals surface area contributed by atoms with Crippen LogP contribution >= 0.6 is 0 Å². The largest absolute Gasteiger partial charge is 0.354 e. The Bertz CT molecular complexity index is 552. The van der Waals surface area contributed by atoms with E-state index in [1.54, 1.807) is 13.8 Å². The Morgan fingerprint density at radius 2 is 1.71 bits per heavy atom. The second-order valence-corrected chi connectivity index (χ2v) is 8.37. The first kappa shape index (κ1) is 17.7. The molecule has 0 spiro atoms. The Morgan fingerprint density at radius 3 is 2.19 bits per heavy atom. The third kappa shape index (κ3) is 4.56. The standard InChI is InChI=1S/C16H25NO3S/c1-5-14(15-9-7-6-8-10-15)11-17-16(18)13(4)21(19,20)12(2)3/h6-10,12-14H,5,11H2,1-4H3,(H,17,18). The van der Waals surface area contributed by atoms with Gasteiger partial charge in [-0.15, -0.1) is 0 Å². The van der Waals surface area contributed by atoms with E-state index in [4.69, 9.17) is 0 Å². The molecule has 0 radical (unpaired) electrons. The van der Waals surface area contributed by atoms with Crippen molar-refractivity contribution < 1.29 is 13.2 Å². The van der Waals surface area contributed by atoms with E-state index in [1.165, 1.54) is 6.92 Å². The minimum absolute atomic E-state index is 0.198. The molecule has 1 aromatic rings. The molecule has 0 aliphatic rings. The quantitative estimate of drug-likeness (QED) is 0.841. The summed E-state index contributed by atoms with van der Waals surface area (Å²) in [5, 5.41) is 1.22. The van der Waals surface area contributed by atoms with Crippen LogP contribution in [0.25, 0.3) is 0 Å². The highest BCUT2D eigenvalue weighted by molar-refractivity contribution is 7.93. The number of sulfone groups is 1. The molecule has 0 aromatic heterocycles. The Balaban J connectivity index is 2.68. The predicted octanol–water partition coefficient (Wildman–Crippen LogP) is 2.51. The first-order valence-corrected chi connectivity index (χ1v) is 8.97. The van der Waals surface area contributed by atoms with E-state index >= 15 is 0 Å². The molecular formula is C16H25NO3S. The molecule has 1 amide bonds. The third-order valence-electron chi connectivity index (χ3n) is 3.81. The van der Waals surface area contributed by atoms with E-state index in [0.717, 1.165) is 12.0 Å². The molecule has 0 heterocycles. The van der Waals surface area contributed by atoms with E-state index in [1.807, 2.05) is 30.3 Å². The van der Waals surface area contributed by atoms with Gasteiger partial charge in [0.1, 0.15) is 5.25 Å². The molecule has 2 atom stereocenters. The fourth-order valence-corrected chi connectivity index (χ4v) is 3.35. The van der Waals surface area contributed by atoms with Gasteiger partial charge in [0.25, 0.3) is 0 Å². The molecule has 0 aliphatic carbocycles. The van der Waals surface area contributed by atoms with Gasteiger partial charge >= 0.3 is 0 Å². The number of hydrogen-bond donors (Lipinski definition) is 1. The molecule has 0 aliphatic heterocycles. The average molecular weight is 311 g/mol. The summed E-state index contributed by atoms with van der Waals surface area (Å²) in [6, 6.07) is 9.92. The summed E-state index contributed by atoms with van der Waals surface area (Å²) in [6.07, 6.45) is 0.885. The van der Waals surface area contributed by atoms with E-state index in [0.29, 0.717) is 6.54 Å². The van der Waals surface area contributed by atoms with Crippen LogP contribution in [-0.2, 0) is 14.6 Å². The number of carbonyl (C=O) groups excluding carboxylic acids is 1. The van der Waals surface area contributed by atoms with Crippen molar-refractivity contribution in [2.45, 2.75) is 50.5 Å². The second-order valence-electron chi connectivity index (χ2n) is 5.54. The molecule has 0 saturated heterocycles. The Hall–Kier alpha value is -1.36.